The van der Waals surface area contributed by atoms with Crippen molar-refractivity contribution in [3.8, 4) is 0 Å². The molecule has 1 saturated carbocycles. The van der Waals surface area contributed by atoms with Crippen LogP contribution in [-0.2, 0) is 0 Å². The molecule has 0 spiro atoms. The quantitative estimate of drug-likeness (QED) is 0.574. The Hall–Kier alpha value is -0.340. The molecule has 0 radical (unpaired) electrons. The zero-order valence-corrected chi connectivity index (χ0v) is 9.91. The highest BCUT2D eigenvalue weighted by Crippen LogP contribution is 2.34. The van der Waals surface area contributed by atoms with E-state index in [-0.39, 0.29) is 0 Å². The first-order valence-corrected chi connectivity index (χ1v) is 6.25. The molecule has 1 aliphatic carbocycles. The van der Waals surface area contributed by atoms with Crippen molar-refractivity contribution in [3.05, 3.63) is 12.7 Å². The lowest BCUT2D eigenvalue weighted by Crippen LogP contribution is -2.38. The summed E-state index contributed by atoms with van der Waals surface area (Å²) in [7, 11) is 0. The fraction of sp³-hybridized carbons (Fsp3) is 0.846. The van der Waals surface area contributed by atoms with E-state index in [1.807, 2.05) is 6.08 Å². The van der Waals surface area contributed by atoms with E-state index in [4.69, 9.17) is 5.11 Å². The molecule has 2 atom stereocenters. The highest BCUT2D eigenvalue weighted by molar-refractivity contribution is 4.89. The Morgan fingerprint density at radius 2 is 2.20 bits per heavy atom. The summed E-state index contributed by atoms with van der Waals surface area (Å²) in [6, 6.07) is 1.21. The first kappa shape index (κ1) is 12.7. The van der Waals surface area contributed by atoms with Gasteiger partial charge in [-0.1, -0.05) is 6.08 Å². The molecule has 0 aromatic heterocycles. The minimum absolute atomic E-state index is 0.312. The van der Waals surface area contributed by atoms with Crippen LogP contribution in [0, 0.1) is 5.92 Å². The van der Waals surface area contributed by atoms with E-state index in [9.17, 15) is 0 Å². The predicted molar refractivity (Wildman–Crippen MR) is 64.9 cm³/mol. The van der Waals surface area contributed by atoms with Crippen molar-refractivity contribution in [1.82, 2.24) is 5.32 Å². The van der Waals surface area contributed by atoms with Crippen LogP contribution in [0.5, 0.6) is 0 Å². The van der Waals surface area contributed by atoms with Crippen LogP contribution in [-0.4, -0.2) is 23.8 Å². The van der Waals surface area contributed by atoms with Gasteiger partial charge in [0.05, 0.1) is 0 Å². The fourth-order valence-electron chi connectivity index (χ4n) is 2.10. The summed E-state index contributed by atoms with van der Waals surface area (Å²) in [6.45, 7) is 6.31. The normalized spacial score (nSPS) is 19.9. The van der Waals surface area contributed by atoms with Crippen LogP contribution in [0.4, 0.5) is 0 Å². The number of hydrogen-bond acceptors (Lipinski definition) is 2. The molecule has 0 amide bonds. The average Bonchev–Trinajstić information content (AvgIpc) is 3.04. The summed E-state index contributed by atoms with van der Waals surface area (Å²) in [4.78, 5) is 0. The third-order valence-electron chi connectivity index (χ3n) is 3.17. The molecule has 0 aromatic rings. The lowest BCUT2D eigenvalue weighted by atomic mass is 10.0. The van der Waals surface area contributed by atoms with Crippen LogP contribution in [0.25, 0.3) is 0 Å². The van der Waals surface area contributed by atoms with E-state index in [1.54, 1.807) is 0 Å². The second-order valence-electron chi connectivity index (χ2n) is 4.74. The Bertz CT molecular complexity index is 177. The van der Waals surface area contributed by atoms with E-state index in [1.165, 1.54) is 19.3 Å². The number of aliphatic hydroxyl groups is 1. The first-order chi connectivity index (χ1) is 7.27. The van der Waals surface area contributed by atoms with Gasteiger partial charge in [-0.15, -0.1) is 6.58 Å². The van der Waals surface area contributed by atoms with Gasteiger partial charge in [-0.05, 0) is 51.4 Å². The number of nitrogens with one attached hydrogen (secondary N) is 1. The molecule has 1 rings (SSSR count). The van der Waals surface area contributed by atoms with Crippen molar-refractivity contribution in [3.63, 3.8) is 0 Å². The molecule has 2 N–H and O–H groups in total. The largest absolute Gasteiger partial charge is 0.396 e. The summed E-state index contributed by atoms with van der Waals surface area (Å²) < 4.78 is 0. The molecular formula is C13H25NO. The van der Waals surface area contributed by atoms with Gasteiger partial charge in [-0.3, -0.25) is 0 Å². The Morgan fingerprint density at radius 3 is 2.73 bits per heavy atom. The topological polar surface area (TPSA) is 32.3 Å². The maximum atomic E-state index is 8.77. The van der Waals surface area contributed by atoms with Gasteiger partial charge in [0.2, 0.25) is 0 Å². The monoisotopic (exact) mass is 211 g/mol. The maximum absolute atomic E-state index is 8.77. The van der Waals surface area contributed by atoms with Crippen LogP contribution in [0.2, 0.25) is 0 Å². The summed E-state index contributed by atoms with van der Waals surface area (Å²) >= 11 is 0. The van der Waals surface area contributed by atoms with Crippen molar-refractivity contribution in [2.45, 2.75) is 57.5 Å². The zero-order valence-electron chi connectivity index (χ0n) is 9.91. The van der Waals surface area contributed by atoms with Crippen molar-refractivity contribution >= 4 is 0 Å². The Morgan fingerprint density at radius 1 is 1.47 bits per heavy atom. The summed E-state index contributed by atoms with van der Waals surface area (Å²) in [5, 5.41) is 12.5. The minimum atomic E-state index is 0.312. The molecule has 2 unspecified atom stereocenters. The summed E-state index contributed by atoms with van der Waals surface area (Å²) in [6.07, 6.45) is 9.11. The maximum Gasteiger partial charge on any atom is 0.0431 e. The lowest BCUT2D eigenvalue weighted by Gasteiger charge is -2.22. The summed E-state index contributed by atoms with van der Waals surface area (Å²) in [5.74, 6) is 0.904. The van der Waals surface area contributed by atoms with Crippen molar-refractivity contribution in [2.75, 3.05) is 6.61 Å². The molecule has 15 heavy (non-hydrogen) atoms. The smallest absolute Gasteiger partial charge is 0.0431 e. The van der Waals surface area contributed by atoms with Gasteiger partial charge >= 0.3 is 0 Å². The van der Waals surface area contributed by atoms with Crippen LogP contribution < -0.4 is 5.32 Å². The van der Waals surface area contributed by atoms with Gasteiger partial charge in [0.25, 0.3) is 0 Å². The standard InChI is InChI=1S/C13H25NO/c1-3-4-7-13(12-8-9-12)14-11(2)6-5-10-15/h3,11-15H,1,4-10H2,2H3. The number of rotatable bonds is 9. The van der Waals surface area contributed by atoms with Crippen LogP contribution >= 0.6 is 0 Å². The molecule has 0 heterocycles. The van der Waals surface area contributed by atoms with Gasteiger partial charge in [0.15, 0.2) is 0 Å². The molecule has 0 aromatic carbocycles. The molecule has 1 aliphatic rings. The highest BCUT2D eigenvalue weighted by Gasteiger charge is 2.30. The lowest BCUT2D eigenvalue weighted by molar-refractivity contribution is 0.270. The average molecular weight is 211 g/mol. The first-order valence-electron chi connectivity index (χ1n) is 6.25. The van der Waals surface area contributed by atoms with E-state index < -0.39 is 0 Å². The van der Waals surface area contributed by atoms with Crippen molar-refractivity contribution in [2.24, 2.45) is 5.92 Å². The Balaban J connectivity index is 2.20. The van der Waals surface area contributed by atoms with E-state index in [0.29, 0.717) is 18.7 Å². The van der Waals surface area contributed by atoms with Crippen LogP contribution in [0.3, 0.4) is 0 Å². The molecule has 1 fully saturated rings. The predicted octanol–water partition coefficient (Wildman–Crippen LogP) is 2.48. The van der Waals surface area contributed by atoms with Gasteiger partial charge in [-0.2, -0.15) is 0 Å². The van der Waals surface area contributed by atoms with E-state index >= 15 is 0 Å². The fourth-order valence-corrected chi connectivity index (χ4v) is 2.10. The van der Waals surface area contributed by atoms with E-state index in [0.717, 1.165) is 25.2 Å². The SMILES string of the molecule is C=CCCC(NC(C)CCCO)C1CC1. The number of hydrogen-bond donors (Lipinski definition) is 2. The molecular weight excluding hydrogens is 186 g/mol. The second kappa shape index (κ2) is 7.02. The third kappa shape index (κ3) is 5.33. The van der Waals surface area contributed by atoms with Gasteiger partial charge in [-0.25, -0.2) is 0 Å². The van der Waals surface area contributed by atoms with Crippen molar-refractivity contribution < 1.29 is 5.11 Å². The third-order valence-corrected chi connectivity index (χ3v) is 3.17. The zero-order chi connectivity index (χ0) is 11.1. The minimum Gasteiger partial charge on any atom is -0.396 e. The Kier molecular flexibility index (Phi) is 5.96. The molecule has 88 valence electrons. The molecule has 0 aliphatic heterocycles. The van der Waals surface area contributed by atoms with Gasteiger partial charge in [0, 0.05) is 18.7 Å². The van der Waals surface area contributed by atoms with Crippen molar-refractivity contribution in [1.29, 1.82) is 0 Å². The van der Waals surface area contributed by atoms with Gasteiger partial charge in [0.1, 0.15) is 0 Å². The van der Waals surface area contributed by atoms with Crippen LogP contribution in [0.1, 0.15) is 45.4 Å². The van der Waals surface area contributed by atoms with Gasteiger partial charge < -0.3 is 10.4 Å². The second-order valence-corrected chi connectivity index (χ2v) is 4.74. The summed E-state index contributed by atoms with van der Waals surface area (Å²) in [5.41, 5.74) is 0. The van der Waals surface area contributed by atoms with Crippen LogP contribution in [0.15, 0.2) is 12.7 Å². The molecule has 0 saturated heterocycles. The Labute approximate surface area is 93.8 Å². The number of allylic oxidation sites excluding steroid dienone is 1. The molecule has 2 nitrogen and oxygen atoms in total. The van der Waals surface area contributed by atoms with E-state index in [2.05, 4.69) is 18.8 Å². The molecule has 0 bridgehead atoms. The highest BCUT2D eigenvalue weighted by atomic mass is 16.2. The number of aliphatic hydroxyl groups excluding tert-OH is 1. The molecule has 2 heteroatoms.